The Morgan fingerprint density at radius 3 is 2.79 bits per heavy atom. The fraction of sp³-hybridized carbons (Fsp3) is 0.333. The van der Waals surface area contributed by atoms with Crippen LogP contribution < -0.4 is 0 Å². The first kappa shape index (κ1) is 13.5. The molecule has 1 aromatic carbocycles. The zero-order chi connectivity index (χ0) is 13.9. The summed E-state index contributed by atoms with van der Waals surface area (Å²) < 4.78 is 5.52. The van der Waals surface area contributed by atoms with E-state index in [0.717, 1.165) is 5.56 Å². The van der Waals surface area contributed by atoms with E-state index in [4.69, 9.17) is 4.74 Å². The zero-order valence-electron chi connectivity index (χ0n) is 11.0. The van der Waals surface area contributed by atoms with Gasteiger partial charge in [0.2, 0.25) is 5.90 Å². The molecule has 0 bridgehead atoms. The van der Waals surface area contributed by atoms with Crippen LogP contribution in [-0.2, 0) is 9.53 Å². The van der Waals surface area contributed by atoms with Gasteiger partial charge in [-0.2, -0.15) is 0 Å². The molecular formula is C15H17NO3. The lowest BCUT2D eigenvalue weighted by molar-refractivity contribution is -0.125. The second-order valence-corrected chi connectivity index (χ2v) is 4.73. The van der Waals surface area contributed by atoms with Crippen LogP contribution in [0.2, 0.25) is 0 Å². The Morgan fingerprint density at radius 1 is 1.47 bits per heavy atom. The molecule has 1 aromatic rings. The summed E-state index contributed by atoms with van der Waals surface area (Å²) in [4.78, 5) is 16.1. The number of hydrogen-bond acceptors (Lipinski definition) is 4. The number of aliphatic imine (C=N–C) groups is 1. The van der Waals surface area contributed by atoms with E-state index >= 15 is 0 Å². The van der Waals surface area contributed by atoms with Gasteiger partial charge in [0.15, 0.2) is 5.78 Å². The van der Waals surface area contributed by atoms with Gasteiger partial charge in [-0.25, -0.2) is 4.99 Å². The standard InChI is InChI=1S/C15H17NO3/c1-3-7-12(17)13(18)15(2)10-19-14(16-15)11-8-5-4-6-9-11/h3-9,13,18H,10H2,1-2H3. The molecule has 0 spiro atoms. The molecule has 0 aromatic heterocycles. The molecule has 4 nitrogen and oxygen atoms in total. The van der Waals surface area contributed by atoms with Crippen molar-refractivity contribution in [1.82, 2.24) is 0 Å². The largest absolute Gasteiger partial charge is 0.475 e. The molecule has 100 valence electrons. The lowest BCUT2D eigenvalue weighted by atomic mass is 9.93. The number of hydrogen-bond donors (Lipinski definition) is 1. The third-order valence-corrected chi connectivity index (χ3v) is 3.07. The summed E-state index contributed by atoms with van der Waals surface area (Å²) in [5.74, 6) is 0.113. The van der Waals surface area contributed by atoms with Crippen molar-refractivity contribution in [3.8, 4) is 0 Å². The van der Waals surface area contributed by atoms with E-state index in [0.29, 0.717) is 5.90 Å². The molecule has 4 heteroatoms. The molecule has 0 radical (unpaired) electrons. The van der Waals surface area contributed by atoms with Gasteiger partial charge in [-0.15, -0.1) is 0 Å². The number of ketones is 1. The molecule has 2 rings (SSSR count). The summed E-state index contributed by atoms with van der Waals surface area (Å²) in [6, 6.07) is 9.44. The van der Waals surface area contributed by atoms with Crippen molar-refractivity contribution in [2.45, 2.75) is 25.5 Å². The maximum atomic E-state index is 11.7. The lowest BCUT2D eigenvalue weighted by Crippen LogP contribution is -2.43. The van der Waals surface area contributed by atoms with E-state index in [1.54, 1.807) is 19.9 Å². The molecule has 0 aliphatic carbocycles. The fourth-order valence-corrected chi connectivity index (χ4v) is 1.94. The van der Waals surface area contributed by atoms with Crippen molar-refractivity contribution in [2.24, 2.45) is 4.99 Å². The minimum atomic E-state index is -1.19. The molecule has 1 heterocycles. The number of rotatable bonds is 4. The number of carbonyl (C=O) groups excluding carboxylic acids is 1. The quantitative estimate of drug-likeness (QED) is 0.838. The number of aliphatic hydroxyl groups is 1. The normalized spacial score (nSPS) is 24.1. The number of nitrogens with zero attached hydrogens (tertiary/aromatic N) is 1. The van der Waals surface area contributed by atoms with Crippen molar-refractivity contribution in [1.29, 1.82) is 0 Å². The first-order valence-electron chi connectivity index (χ1n) is 6.19. The Hall–Kier alpha value is -1.94. The number of allylic oxidation sites excluding steroid dienone is 1. The van der Waals surface area contributed by atoms with Crippen molar-refractivity contribution in [2.75, 3.05) is 6.61 Å². The van der Waals surface area contributed by atoms with E-state index in [2.05, 4.69) is 4.99 Å². The summed E-state index contributed by atoms with van der Waals surface area (Å²) in [5, 5.41) is 10.1. The van der Waals surface area contributed by atoms with E-state index in [1.165, 1.54) is 6.08 Å². The molecule has 19 heavy (non-hydrogen) atoms. The smallest absolute Gasteiger partial charge is 0.216 e. The summed E-state index contributed by atoms with van der Waals surface area (Å²) in [5.41, 5.74) is -0.0844. The molecule has 1 aliphatic rings. The lowest BCUT2D eigenvalue weighted by Gasteiger charge is -2.22. The third kappa shape index (κ3) is 2.74. The molecular weight excluding hydrogens is 242 g/mol. The highest BCUT2D eigenvalue weighted by molar-refractivity contribution is 5.98. The summed E-state index contributed by atoms with van der Waals surface area (Å²) in [6.45, 7) is 3.65. The topological polar surface area (TPSA) is 58.9 Å². The van der Waals surface area contributed by atoms with Crippen molar-refractivity contribution >= 4 is 11.7 Å². The van der Waals surface area contributed by atoms with Crippen LogP contribution in [0.5, 0.6) is 0 Å². The molecule has 1 N–H and O–H groups in total. The molecule has 0 amide bonds. The van der Waals surface area contributed by atoms with Gasteiger partial charge in [0.05, 0.1) is 0 Å². The second-order valence-electron chi connectivity index (χ2n) is 4.73. The first-order valence-corrected chi connectivity index (χ1v) is 6.19. The Kier molecular flexibility index (Phi) is 3.81. The van der Waals surface area contributed by atoms with Crippen LogP contribution in [0.1, 0.15) is 19.4 Å². The molecule has 2 unspecified atom stereocenters. The van der Waals surface area contributed by atoms with Gasteiger partial charge in [-0.05, 0) is 32.1 Å². The Bertz CT molecular complexity index is 521. The van der Waals surface area contributed by atoms with Crippen molar-refractivity contribution in [3.05, 3.63) is 48.0 Å². The highest BCUT2D eigenvalue weighted by atomic mass is 16.5. The highest BCUT2D eigenvalue weighted by Gasteiger charge is 2.42. The minimum Gasteiger partial charge on any atom is -0.475 e. The van der Waals surface area contributed by atoms with E-state index in [1.807, 2.05) is 30.3 Å². The summed E-state index contributed by atoms with van der Waals surface area (Å²) in [7, 11) is 0. The average molecular weight is 259 g/mol. The van der Waals surface area contributed by atoms with Gasteiger partial charge in [0.1, 0.15) is 18.2 Å². The Balaban J connectivity index is 2.23. The van der Waals surface area contributed by atoms with Crippen LogP contribution in [0.15, 0.2) is 47.5 Å². The minimum absolute atomic E-state index is 0.196. The van der Waals surface area contributed by atoms with Crippen molar-refractivity contribution < 1.29 is 14.6 Å². The van der Waals surface area contributed by atoms with Crippen LogP contribution in [-0.4, -0.2) is 35.0 Å². The monoisotopic (exact) mass is 259 g/mol. The molecule has 0 fully saturated rings. The maximum Gasteiger partial charge on any atom is 0.216 e. The molecule has 0 saturated carbocycles. The van der Waals surface area contributed by atoms with E-state index < -0.39 is 11.6 Å². The predicted octanol–water partition coefficient (Wildman–Crippen LogP) is 1.73. The summed E-state index contributed by atoms with van der Waals surface area (Å²) in [6.07, 6.45) is 1.77. The predicted molar refractivity (Wildman–Crippen MR) is 73.2 cm³/mol. The fourth-order valence-electron chi connectivity index (χ4n) is 1.94. The number of carbonyl (C=O) groups is 1. The number of benzene rings is 1. The third-order valence-electron chi connectivity index (χ3n) is 3.07. The van der Waals surface area contributed by atoms with Gasteiger partial charge < -0.3 is 9.84 Å². The zero-order valence-corrected chi connectivity index (χ0v) is 11.0. The second kappa shape index (κ2) is 5.36. The molecule has 0 saturated heterocycles. The van der Waals surface area contributed by atoms with E-state index in [9.17, 15) is 9.90 Å². The van der Waals surface area contributed by atoms with Crippen LogP contribution in [0.25, 0.3) is 0 Å². The van der Waals surface area contributed by atoms with Gasteiger partial charge in [-0.3, -0.25) is 4.79 Å². The van der Waals surface area contributed by atoms with Crippen molar-refractivity contribution in [3.63, 3.8) is 0 Å². The highest BCUT2D eigenvalue weighted by Crippen LogP contribution is 2.25. The molecule has 2 atom stereocenters. The van der Waals surface area contributed by atoms with Gasteiger partial charge in [-0.1, -0.05) is 24.3 Å². The SMILES string of the molecule is CC=CC(=O)C(O)C1(C)COC(c2ccccc2)=N1. The van der Waals surface area contributed by atoms with Gasteiger partial charge in [0, 0.05) is 5.56 Å². The number of aliphatic hydroxyl groups excluding tert-OH is 1. The maximum absolute atomic E-state index is 11.7. The first-order chi connectivity index (χ1) is 9.07. The van der Waals surface area contributed by atoms with Gasteiger partial charge in [0.25, 0.3) is 0 Å². The Morgan fingerprint density at radius 2 is 2.16 bits per heavy atom. The van der Waals surface area contributed by atoms with Crippen LogP contribution in [0.4, 0.5) is 0 Å². The van der Waals surface area contributed by atoms with Crippen LogP contribution in [0, 0.1) is 0 Å². The van der Waals surface area contributed by atoms with Crippen LogP contribution in [0.3, 0.4) is 0 Å². The Labute approximate surface area is 112 Å². The van der Waals surface area contributed by atoms with Gasteiger partial charge >= 0.3 is 0 Å². The van der Waals surface area contributed by atoms with Crippen LogP contribution >= 0.6 is 0 Å². The average Bonchev–Trinajstić information content (AvgIpc) is 2.83. The summed E-state index contributed by atoms with van der Waals surface area (Å²) >= 11 is 0. The van der Waals surface area contributed by atoms with E-state index in [-0.39, 0.29) is 12.4 Å². The number of ether oxygens (including phenoxy) is 1. The molecule has 1 aliphatic heterocycles.